The van der Waals surface area contributed by atoms with E-state index in [2.05, 4.69) is 0 Å². The number of carbonyl (C=O) groups excluding carboxylic acids is 2. The van der Waals surface area contributed by atoms with Crippen LogP contribution in [0.3, 0.4) is 0 Å². The van der Waals surface area contributed by atoms with Crippen molar-refractivity contribution in [2.75, 3.05) is 5.75 Å². The molecule has 0 radical (unpaired) electrons. The summed E-state index contributed by atoms with van der Waals surface area (Å²) in [6.45, 7) is 1.40. The Labute approximate surface area is 108 Å². The van der Waals surface area contributed by atoms with Crippen molar-refractivity contribution in [1.82, 2.24) is 4.42 Å². The zero-order valence-electron chi connectivity index (χ0n) is 9.21. The molecular weight excluding hydrogens is 282 g/mol. The summed E-state index contributed by atoms with van der Waals surface area (Å²) in [5, 5.41) is 0. The fourth-order valence-electron chi connectivity index (χ4n) is 1.49. The molecule has 6 nitrogen and oxygen atoms in total. The summed E-state index contributed by atoms with van der Waals surface area (Å²) in [4.78, 5) is 23.3. The van der Waals surface area contributed by atoms with Crippen molar-refractivity contribution in [3.8, 4) is 5.75 Å². The van der Waals surface area contributed by atoms with Crippen molar-refractivity contribution in [3.63, 3.8) is 0 Å². The van der Waals surface area contributed by atoms with Crippen LogP contribution in [0.25, 0.3) is 0 Å². The number of fused-ring (bicyclic) bond motifs is 1. The van der Waals surface area contributed by atoms with Crippen LogP contribution < -0.4 is 4.18 Å². The van der Waals surface area contributed by atoms with E-state index in [0.717, 1.165) is 0 Å². The quantitative estimate of drug-likeness (QED) is 0.474. The minimum atomic E-state index is -3.78. The zero-order chi connectivity index (χ0) is 13.5. The van der Waals surface area contributed by atoms with Crippen molar-refractivity contribution in [3.05, 3.63) is 29.3 Å². The van der Waals surface area contributed by atoms with Crippen molar-refractivity contribution in [2.45, 2.75) is 6.92 Å². The highest BCUT2D eigenvalue weighted by Gasteiger charge is 2.38. The maximum atomic E-state index is 11.7. The van der Waals surface area contributed by atoms with Crippen LogP contribution in [0.15, 0.2) is 18.2 Å². The topological polar surface area (TPSA) is 80.8 Å². The van der Waals surface area contributed by atoms with Crippen LogP contribution in [0.5, 0.6) is 5.75 Å². The fourth-order valence-corrected chi connectivity index (χ4v) is 2.20. The van der Waals surface area contributed by atoms with E-state index in [1.54, 1.807) is 0 Å². The maximum Gasteiger partial charge on any atom is 0.308 e. The lowest BCUT2D eigenvalue weighted by Crippen LogP contribution is -2.19. The Kier molecular flexibility index (Phi) is 3.04. The molecule has 1 heterocycles. The number of benzene rings is 1. The molecule has 0 N–H and O–H groups in total. The highest BCUT2D eigenvalue weighted by Crippen LogP contribution is 2.32. The molecule has 0 atom stereocenters. The molecule has 18 heavy (non-hydrogen) atoms. The predicted octanol–water partition coefficient (Wildman–Crippen LogP) is 1.16. The van der Waals surface area contributed by atoms with E-state index in [9.17, 15) is 18.0 Å². The summed E-state index contributed by atoms with van der Waals surface area (Å²) in [5.74, 6) is -1.92. The molecule has 1 aliphatic heterocycles. The van der Waals surface area contributed by atoms with Gasteiger partial charge in [0, 0.05) is 11.8 Å². The zero-order valence-corrected chi connectivity index (χ0v) is 10.8. The van der Waals surface area contributed by atoms with Crippen molar-refractivity contribution >= 4 is 33.7 Å². The Morgan fingerprint density at radius 1 is 1.28 bits per heavy atom. The Bertz CT molecular complexity index is 640. The second-order valence-electron chi connectivity index (χ2n) is 3.50. The Morgan fingerprint density at radius 3 is 2.56 bits per heavy atom. The van der Waals surface area contributed by atoms with E-state index in [1.165, 1.54) is 25.1 Å². The second kappa shape index (κ2) is 4.25. The number of carbonyl (C=O) groups is 2. The van der Waals surface area contributed by atoms with Gasteiger partial charge in [-0.3, -0.25) is 9.59 Å². The number of amides is 2. The van der Waals surface area contributed by atoms with E-state index >= 15 is 0 Å². The highest BCUT2D eigenvalue weighted by molar-refractivity contribution is 7.87. The second-order valence-corrected chi connectivity index (χ2v) is 5.70. The molecule has 1 aromatic carbocycles. The summed E-state index contributed by atoms with van der Waals surface area (Å²) in [6, 6.07) is 4.09. The first-order valence-electron chi connectivity index (χ1n) is 4.97. The van der Waals surface area contributed by atoms with Gasteiger partial charge in [0.25, 0.3) is 11.8 Å². The van der Waals surface area contributed by atoms with Gasteiger partial charge in [0.15, 0.2) is 5.75 Å². The van der Waals surface area contributed by atoms with Gasteiger partial charge >= 0.3 is 10.1 Å². The number of hydrogen-bond donors (Lipinski definition) is 0. The third-order valence-corrected chi connectivity index (χ3v) is 3.85. The van der Waals surface area contributed by atoms with Gasteiger partial charge in [-0.2, -0.15) is 12.8 Å². The van der Waals surface area contributed by atoms with Gasteiger partial charge in [0.1, 0.15) is 0 Å². The van der Waals surface area contributed by atoms with Gasteiger partial charge in [0.2, 0.25) is 0 Å². The van der Waals surface area contributed by atoms with Crippen molar-refractivity contribution in [1.29, 1.82) is 0 Å². The Balaban J connectivity index is 2.55. The molecule has 1 aliphatic rings. The lowest BCUT2D eigenvalue weighted by molar-refractivity contribution is 0.0767. The third kappa shape index (κ3) is 1.95. The smallest absolute Gasteiger partial charge is 0.308 e. The first kappa shape index (κ1) is 12.8. The van der Waals surface area contributed by atoms with Crippen LogP contribution in [0.4, 0.5) is 0 Å². The van der Waals surface area contributed by atoms with E-state index in [4.69, 9.17) is 16.0 Å². The largest absolute Gasteiger partial charge is 0.382 e. The molecule has 8 heteroatoms. The summed E-state index contributed by atoms with van der Waals surface area (Å²) >= 11 is 5.48. The number of hydrogen-bond acceptors (Lipinski definition) is 5. The first-order chi connectivity index (χ1) is 8.37. The van der Waals surface area contributed by atoms with Crippen LogP contribution in [0.1, 0.15) is 27.6 Å². The minimum absolute atomic E-state index is 0.0267. The van der Waals surface area contributed by atoms with E-state index in [-0.39, 0.29) is 22.6 Å². The fraction of sp³-hybridized carbons (Fsp3) is 0.200. The van der Waals surface area contributed by atoms with Crippen LogP contribution >= 0.6 is 11.8 Å². The minimum Gasteiger partial charge on any atom is -0.382 e. The van der Waals surface area contributed by atoms with Gasteiger partial charge in [-0.25, -0.2) is 0 Å². The molecule has 0 saturated heterocycles. The van der Waals surface area contributed by atoms with Crippen molar-refractivity contribution < 1.29 is 22.2 Å². The molecule has 2 rings (SSSR count). The van der Waals surface area contributed by atoms with E-state index in [0.29, 0.717) is 4.42 Å². The lowest BCUT2D eigenvalue weighted by atomic mass is 10.1. The normalized spacial score (nSPS) is 14.9. The third-order valence-electron chi connectivity index (χ3n) is 2.40. The molecule has 96 valence electrons. The summed E-state index contributed by atoms with van der Waals surface area (Å²) in [5.41, 5.74) is -0.103. The first-order valence-corrected chi connectivity index (χ1v) is 6.88. The monoisotopic (exact) mass is 289 g/mol. The van der Waals surface area contributed by atoms with Gasteiger partial charge in [0.05, 0.1) is 16.9 Å². The molecule has 1 aromatic rings. The molecule has 0 aliphatic carbocycles. The summed E-state index contributed by atoms with van der Waals surface area (Å²) in [6.07, 6.45) is 0. The van der Waals surface area contributed by atoms with Crippen LogP contribution in [-0.2, 0) is 10.1 Å². The average Bonchev–Trinajstić information content (AvgIpc) is 2.55. The van der Waals surface area contributed by atoms with E-state index in [1.807, 2.05) is 0 Å². The predicted molar refractivity (Wildman–Crippen MR) is 62.9 cm³/mol. The molecule has 0 spiro atoms. The SMILES string of the molecule is CCS(=O)(=O)Oc1cccc2c1C(=O)N(Cl)C2=O. The highest BCUT2D eigenvalue weighted by atomic mass is 35.5. The summed E-state index contributed by atoms with van der Waals surface area (Å²) < 4.78 is 27.9. The van der Waals surface area contributed by atoms with Gasteiger partial charge in [-0.05, 0) is 19.1 Å². The van der Waals surface area contributed by atoms with Crippen LogP contribution in [0.2, 0.25) is 0 Å². The molecule has 0 bridgehead atoms. The van der Waals surface area contributed by atoms with E-state index < -0.39 is 21.9 Å². The average molecular weight is 290 g/mol. The molecule has 2 amide bonds. The number of rotatable bonds is 3. The van der Waals surface area contributed by atoms with Gasteiger partial charge < -0.3 is 4.18 Å². The summed E-state index contributed by atoms with van der Waals surface area (Å²) in [7, 11) is -3.78. The molecule has 0 unspecified atom stereocenters. The number of halogens is 1. The molecule has 0 fully saturated rings. The number of imide groups is 1. The lowest BCUT2D eigenvalue weighted by Gasteiger charge is -2.07. The Hall–Kier alpha value is -1.60. The Morgan fingerprint density at radius 2 is 1.94 bits per heavy atom. The number of nitrogens with zero attached hydrogens (tertiary/aromatic N) is 1. The molecule has 0 saturated carbocycles. The van der Waals surface area contributed by atoms with Gasteiger partial charge in [-0.1, -0.05) is 6.07 Å². The maximum absolute atomic E-state index is 11.7. The van der Waals surface area contributed by atoms with Crippen molar-refractivity contribution in [2.24, 2.45) is 0 Å². The van der Waals surface area contributed by atoms with Gasteiger partial charge in [-0.15, -0.1) is 0 Å². The molecule has 0 aromatic heterocycles. The van der Waals surface area contributed by atoms with Crippen LogP contribution in [-0.4, -0.2) is 30.4 Å². The van der Waals surface area contributed by atoms with Crippen LogP contribution in [0, 0.1) is 0 Å². The standard InChI is InChI=1S/C10H8ClNO5S/c1-2-18(15,16)17-7-5-3-4-6-8(7)10(14)12(11)9(6)13/h3-5H,2H2,1H3. The molecular formula is C10H8ClNO5S.